The van der Waals surface area contributed by atoms with Gasteiger partial charge in [0.25, 0.3) is 0 Å². The first-order chi connectivity index (χ1) is 6.15. The molecule has 0 atom stereocenters. The Morgan fingerprint density at radius 2 is 2.38 bits per heavy atom. The Kier molecular flexibility index (Phi) is 3.25. The molecule has 0 radical (unpaired) electrons. The van der Waals surface area contributed by atoms with E-state index in [0.717, 1.165) is 18.9 Å². The fourth-order valence-corrected chi connectivity index (χ4v) is 1.52. The summed E-state index contributed by atoms with van der Waals surface area (Å²) in [7, 11) is 0. The molecule has 2 N–H and O–H groups in total. The topological polar surface area (TPSA) is 63.8 Å². The monoisotopic (exact) mass is 187 g/mol. The molecular formula is C8H15N2O3+. The number of hydrogen-bond donors (Lipinski definition) is 2. The second kappa shape index (κ2) is 4.23. The van der Waals surface area contributed by atoms with Crippen molar-refractivity contribution in [2.75, 3.05) is 32.8 Å². The number of β-amino-alcohol motifs (C(OH)–C–C–N with tert-alkyl or cyclic N) is 1. The van der Waals surface area contributed by atoms with Gasteiger partial charge in [0.1, 0.15) is 19.6 Å². The number of carbonyl (C=O) groups is 1. The Bertz CT molecular complexity index is 238. The van der Waals surface area contributed by atoms with Crippen LogP contribution in [0.4, 0.5) is 0 Å². The fraction of sp³-hybridized carbons (Fsp3) is 0.750. The fourth-order valence-electron chi connectivity index (χ4n) is 1.52. The van der Waals surface area contributed by atoms with Gasteiger partial charge in [-0.3, -0.25) is 9.48 Å². The molecule has 0 saturated heterocycles. The Morgan fingerprint density at radius 3 is 2.92 bits per heavy atom. The summed E-state index contributed by atoms with van der Waals surface area (Å²) in [5.74, 6) is 0.127. The second-order valence-electron chi connectivity index (χ2n) is 3.07. The molecule has 1 rings (SSSR count). The summed E-state index contributed by atoms with van der Waals surface area (Å²) in [6.45, 7) is 4.16. The minimum atomic E-state index is -0.815. The highest BCUT2D eigenvalue weighted by molar-refractivity contribution is 5.77. The summed E-state index contributed by atoms with van der Waals surface area (Å²) in [5.41, 5.74) is 0. The van der Waals surface area contributed by atoms with Gasteiger partial charge in [0.05, 0.1) is 6.61 Å². The highest BCUT2D eigenvalue weighted by Crippen LogP contribution is 2.00. The molecule has 0 aromatic rings. The molecule has 5 nitrogen and oxygen atoms in total. The van der Waals surface area contributed by atoms with Crippen LogP contribution in [0.2, 0.25) is 0 Å². The van der Waals surface area contributed by atoms with Gasteiger partial charge in [-0.15, -0.1) is 0 Å². The number of aliphatic hydroxyl groups is 1. The maximum absolute atomic E-state index is 10.4. The molecule has 1 aliphatic rings. The molecule has 13 heavy (non-hydrogen) atoms. The van der Waals surface area contributed by atoms with Crippen LogP contribution < -0.4 is 0 Å². The van der Waals surface area contributed by atoms with Gasteiger partial charge in [-0.05, 0) is 0 Å². The summed E-state index contributed by atoms with van der Waals surface area (Å²) < 4.78 is 1.80. The van der Waals surface area contributed by atoms with Gasteiger partial charge in [0.15, 0.2) is 6.54 Å². The third kappa shape index (κ3) is 2.42. The van der Waals surface area contributed by atoms with E-state index in [4.69, 9.17) is 10.2 Å². The van der Waals surface area contributed by atoms with Gasteiger partial charge in [0.2, 0.25) is 5.84 Å². The molecule has 5 heteroatoms. The van der Waals surface area contributed by atoms with E-state index in [9.17, 15) is 4.79 Å². The molecule has 1 heterocycles. The van der Waals surface area contributed by atoms with Gasteiger partial charge in [-0.2, -0.15) is 0 Å². The van der Waals surface area contributed by atoms with E-state index in [1.807, 2.05) is 11.8 Å². The van der Waals surface area contributed by atoms with E-state index in [0.29, 0.717) is 6.54 Å². The van der Waals surface area contributed by atoms with Crippen molar-refractivity contribution in [1.82, 2.24) is 4.90 Å². The van der Waals surface area contributed by atoms with Crippen molar-refractivity contribution in [3.05, 3.63) is 0 Å². The number of carboxylic acids is 1. The van der Waals surface area contributed by atoms with Crippen molar-refractivity contribution in [2.45, 2.75) is 6.92 Å². The number of aliphatic carboxylic acids is 1. The molecule has 74 valence electrons. The predicted octanol–water partition coefficient (Wildman–Crippen LogP) is -1.19. The molecule has 0 bridgehead atoms. The third-order valence-electron chi connectivity index (χ3n) is 2.25. The summed E-state index contributed by atoms with van der Waals surface area (Å²) in [5, 5.41) is 17.3. The Labute approximate surface area is 76.9 Å². The van der Waals surface area contributed by atoms with Crippen LogP contribution in [-0.2, 0) is 4.79 Å². The van der Waals surface area contributed by atoms with E-state index in [-0.39, 0.29) is 13.2 Å². The molecule has 1 aliphatic heterocycles. The van der Waals surface area contributed by atoms with Gasteiger partial charge < -0.3 is 10.2 Å². The lowest BCUT2D eigenvalue weighted by Gasteiger charge is -2.07. The lowest BCUT2D eigenvalue weighted by Crippen LogP contribution is -2.30. The zero-order valence-corrected chi connectivity index (χ0v) is 7.73. The summed E-state index contributed by atoms with van der Waals surface area (Å²) >= 11 is 0. The average molecular weight is 187 g/mol. The zero-order valence-electron chi connectivity index (χ0n) is 7.73. The lowest BCUT2D eigenvalue weighted by atomic mass is 10.5. The maximum Gasteiger partial charge on any atom is 0.345 e. The molecular weight excluding hydrogens is 172 g/mol. The normalized spacial score (nSPS) is 16.9. The van der Waals surface area contributed by atoms with Crippen LogP contribution in [0, 0.1) is 0 Å². The van der Waals surface area contributed by atoms with Crippen LogP contribution in [0.15, 0.2) is 0 Å². The van der Waals surface area contributed by atoms with Crippen LogP contribution >= 0.6 is 0 Å². The van der Waals surface area contributed by atoms with Crippen LogP contribution in [0.3, 0.4) is 0 Å². The molecule has 0 aromatic carbocycles. The van der Waals surface area contributed by atoms with Crippen molar-refractivity contribution in [1.29, 1.82) is 0 Å². The van der Waals surface area contributed by atoms with Crippen molar-refractivity contribution in [3.63, 3.8) is 0 Å². The first-order valence-electron chi connectivity index (χ1n) is 4.31. The lowest BCUT2D eigenvalue weighted by molar-refractivity contribution is -0.508. The van der Waals surface area contributed by atoms with E-state index in [1.54, 1.807) is 4.58 Å². The van der Waals surface area contributed by atoms with Crippen molar-refractivity contribution in [3.8, 4) is 0 Å². The van der Waals surface area contributed by atoms with E-state index in [1.165, 1.54) is 0 Å². The van der Waals surface area contributed by atoms with Crippen LogP contribution in [0.1, 0.15) is 6.92 Å². The number of aliphatic hydroxyl groups excluding tert-OH is 1. The largest absolute Gasteiger partial charge is 0.478 e. The number of amidine groups is 1. The van der Waals surface area contributed by atoms with E-state index < -0.39 is 5.97 Å². The summed E-state index contributed by atoms with van der Waals surface area (Å²) in [6, 6.07) is 0. The highest BCUT2D eigenvalue weighted by atomic mass is 16.4. The van der Waals surface area contributed by atoms with E-state index in [2.05, 4.69) is 0 Å². The van der Waals surface area contributed by atoms with Gasteiger partial charge in [-0.25, -0.2) is 4.79 Å². The smallest absolute Gasteiger partial charge is 0.345 e. The Hall–Kier alpha value is -1.10. The Morgan fingerprint density at radius 1 is 1.69 bits per heavy atom. The number of carboxylic acid groups (broad SMARTS) is 1. The molecule has 0 spiro atoms. The van der Waals surface area contributed by atoms with Crippen molar-refractivity contribution in [2.24, 2.45) is 0 Å². The summed E-state index contributed by atoms with van der Waals surface area (Å²) in [4.78, 5) is 12.4. The molecule has 0 amide bonds. The first kappa shape index (κ1) is 9.98. The summed E-state index contributed by atoms with van der Waals surface area (Å²) in [6.07, 6.45) is 0. The van der Waals surface area contributed by atoms with Crippen LogP contribution in [0.25, 0.3) is 0 Å². The van der Waals surface area contributed by atoms with Crippen LogP contribution in [-0.4, -0.2) is 64.3 Å². The molecule has 0 unspecified atom stereocenters. The predicted molar refractivity (Wildman–Crippen MR) is 47.0 cm³/mol. The zero-order chi connectivity index (χ0) is 9.84. The number of nitrogens with zero attached hydrogens (tertiary/aromatic N) is 2. The second-order valence-corrected chi connectivity index (χ2v) is 3.07. The molecule has 0 aliphatic carbocycles. The molecule has 0 fully saturated rings. The van der Waals surface area contributed by atoms with Crippen molar-refractivity contribution < 1.29 is 19.6 Å². The minimum absolute atomic E-state index is 0.0494. The van der Waals surface area contributed by atoms with Gasteiger partial charge >= 0.3 is 5.97 Å². The molecule has 0 saturated carbocycles. The molecule has 0 aromatic heterocycles. The van der Waals surface area contributed by atoms with Crippen molar-refractivity contribution >= 4 is 11.8 Å². The maximum atomic E-state index is 10.4. The van der Waals surface area contributed by atoms with Crippen LogP contribution in [0.5, 0.6) is 0 Å². The Balaban J connectivity index is 2.59. The number of hydrogen-bond acceptors (Lipinski definition) is 3. The van der Waals surface area contributed by atoms with E-state index >= 15 is 0 Å². The third-order valence-corrected chi connectivity index (χ3v) is 2.25. The SMILES string of the molecule is CC1=[N+](CC(=O)O)CCN1CCO. The highest BCUT2D eigenvalue weighted by Gasteiger charge is 2.26. The standard InChI is InChI=1S/C8H14N2O3/c1-7-9(4-5-11)2-3-10(7)6-8(12)13/h11H,2-6H2,1H3/p+1. The average Bonchev–Trinajstić information content (AvgIpc) is 2.36. The quantitative estimate of drug-likeness (QED) is 0.543. The van der Waals surface area contributed by atoms with Gasteiger partial charge in [0, 0.05) is 6.92 Å². The minimum Gasteiger partial charge on any atom is -0.478 e. The van der Waals surface area contributed by atoms with Gasteiger partial charge in [-0.1, -0.05) is 0 Å². The number of rotatable bonds is 4. The first-order valence-corrected chi connectivity index (χ1v) is 4.31.